The molecule has 0 aliphatic carbocycles. The molecule has 1 aromatic carbocycles. The Morgan fingerprint density at radius 2 is 2.12 bits per heavy atom. The van der Waals surface area contributed by atoms with Gasteiger partial charge in [0, 0.05) is 24.3 Å². The topological polar surface area (TPSA) is 79.6 Å². The number of aryl methyl sites for hydroxylation is 2. The Hall–Kier alpha value is -2.96. The van der Waals surface area contributed by atoms with Gasteiger partial charge in [0.15, 0.2) is 0 Å². The van der Waals surface area contributed by atoms with Crippen molar-refractivity contribution in [3.63, 3.8) is 0 Å². The van der Waals surface area contributed by atoms with Gasteiger partial charge in [-0.3, -0.25) is 14.3 Å². The van der Waals surface area contributed by atoms with Crippen LogP contribution in [0.5, 0.6) is 0 Å². The van der Waals surface area contributed by atoms with Crippen molar-refractivity contribution in [1.82, 2.24) is 15.2 Å². The van der Waals surface area contributed by atoms with Crippen molar-refractivity contribution in [3.05, 3.63) is 47.3 Å². The molecule has 0 unspecified atom stereocenters. The second-order valence-corrected chi connectivity index (χ2v) is 6.52. The van der Waals surface area contributed by atoms with E-state index >= 15 is 0 Å². The lowest BCUT2D eigenvalue weighted by Crippen LogP contribution is -2.25. The van der Waals surface area contributed by atoms with Crippen molar-refractivity contribution >= 4 is 23.2 Å². The van der Waals surface area contributed by atoms with E-state index in [1.807, 2.05) is 51.1 Å². The third kappa shape index (κ3) is 3.99. The molecule has 3 rings (SSSR count). The van der Waals surface area contributed by atoms with Gasteiger partial charge in [0.2, 0.25) is 5.91 Å². The average Bonchev–Trinajstić information content (AvgIpc) is 3.17. The molecule has 0 spiro atoms. The molecular weight excluding hydrogens is 330 g/mol. The molecule has 1 aliphatic rings. The van der Waals surface area contributed by atoms with Crippen LogP contribution in [0.3, 0.4) is 0 Å². The zero-order valence-corrected chi connectivity index (χ0v) is 15.3. The van der Waals surface area contributed by atoms with Crippen molar-refractivity contribution in [2.45, 2.75) is 40.2 Å². The van der Waals surface area contributed by atoms with Crippen LogP contribution >= 0.6 is 0 Å². The SMILES string of the molecule is C/C(=N/NC(=O)Cn1nc(C)cc1C)c1cccc(N2CCCC2=O)c1. The highest BCUT2D eigenvalue weighted by Gasteiger charge is 2.21. The van der Waals surface area contributed by atoms with Crippen molar-refractivity contribution in [2.75, 3.05) is 11.4 Å². The second-order valence-electron chi connectivity index (χ2n) is 6.52. The molecular formula is C19H23N5O2. The lowest BCUT2D eigenvalue weighted by molar-refractivity contribution is -0.122. The number of rotatable bonds is 5. The summed E-state index contributed by atoms with van der Waals surface area (Å²) in [5.41, 5.74) is 6.80. The van der Waals surface area contributed by atoms with E-state index in [0.717, 1.165) is 35.6 Å². The van der Waals surface area contributed by atoms with Gasteiger partial charge in [-0.25, -0.2) is 5.43 Å². The maximum atomic E-state index is 12.1. The molecule has 0 radical (unpaired) electrons. The molecule has 1 N–H and O–H groups in total. The third-order valence-electron chi connectivity index (χ3n) is 4.39. The highest BCUT2D eigenvalue weighted by atomic mass is 16.2. The number of nitrogens with one attached hydrogen (secondary N) is 1. The predicted molar refractivity (Wildman–Crippen MR) is 100 cm³/mol. The highest BCUT2D eigenvalue weighted by molar-refractivity contribution is 6.01. The first kappa shape index (κ1) is 17.8. The average molecular weight is 353 g/mol. The van der Waals surface area contributed by atoms with E-state index in [9.17, 15) is 9.59 Å². The molecule has 2 heterocycles. The summed E-state index contributed by atoms with van der Waals surface area (Å²) in [4.78, 5) is 25.8. The number of benzene rings is 1. The van der Waals surface area contributed by atoms with E-state index < -0.39 is 0 Å². The van der Waals surface area contributed by atoms with E-state index in [1.54, 1.807) is 9.58 Å². The lowest BCUT2D eigenvalue weighted by Gasteiger charge is -2.16. The maximum Gasteiger partial charge on any atom is 0.261 e. The van der Waals surface area contributed by atoms with Gasteiger partial charge < -0.3 is 4.90 Å². The van der Waals surface area contributed by atoms with Crippen molar-refractivity contribution in [2.24, 2.45) is 5.10 Å². The maximum absolute atomic E-state index is 12.1. The van der Waals surface area contributed by atoms with E-state index in [0.29, 0.717) is 12.1 Å². The summed E-state index contributed by atoms with van der Waals surface area (Å²) >= 11 is 0. The molecule has 1 aromatic heterocycles. The first-order chi connectivity index (χ1) is 12.4. The molecule has 136 valence electrons. The zero-order valence-electron chi connectivity index (χ0n) is 15.3. The number of amides is 2. The summed E-state index contributed by atoms with van der Waals surface area (Å²) < 4.78 is 1.65. The number of aromatic nitrogens is 2. The molecule has 1 saturated heterocycles. The predicted octanol–water partition coefficient (Wildman–Crippen LogP) is 2.17. The van der Waals surface area contributed by atoms with E-state index in [-0.39, 0.29) is 18.4 Å². The summed E-state index contributed by atoms with van der Waals surface area (Å²) in [5.74, 6) is -0.0867. The number of hydrogen-bond donors (Lipinski definition) is 1. The Labute approximate surface area is 152 Å². The molecule has 7 nitrogen and oxygen atoms in total. The van der Waals surface area contributed by atoms with Crippen LogP contribution in [0.1, 0.15) is 36.7 Å². The Bertz CT molecular complexity index is 869. The summed E-state index contributed by atoms with van der Waals surface area (Å²) in [7, 11) is 0. The number of anilines is 1. The van der Waals surface area contributed by atoms with E-state index in [4.69, 9.17) is 0 Å². The quantitative estimate of drug-likeness (QED) is 0.661. The lowest BCUT2D eigenvalue weighted by atomic mass is 10.1. The Morgan fingerprint density at radius 1 is 1.31 bits per heavy atom. The number of carbonyl (C=O) groups is 2. The minimum Gasteiger partial charge on any atom is -0.312 e. The zero-order chi connectivity index (χ0) is 18.7. The van der Waals surface area contributed by atoms with Gasteiger partial charge in [-0.15, -0.1) is 0 Å². The van der Waals surface area contributed by atoms with Crippen LogP contribution in [0.4, 0.5) is 5.69 Å². The van der Waals surface area contributed by atoms with Crippen LogP contribution in [-0.2, 0) is 16.1 Å². The van der Waals surface area contributed by atoms with Crippen molar-refractivity contribution in [1.29, 1.82) is 0 Å². The molecule has 0 bridgehead atoms. The Morgan fingerprint density at radius 3 is 2.77 bits per heavy atom. The fourth-order valence-corrected chi connectivity index (χ4v) is 3.04. The highest BCUT2D eigenvalue weighted by Crippen LogP contribution is 2.22. The molecule has 7 heteroatoms. The second kappa shape index (κ2) is 7.51. The van der Waals surface area contributed by atoms with Crippen molar-refractivity contribution < 1.29 is 9.59 Å². The smallest absolute Gasteiger partial charge is 0.261 e. The first-order valence-corrected chi connectivity index (χ1v) is 8.69. The fraction of sp³-hybridized carbons (Fsp3) is 0.368. The van der Waals surface area contributed by atoms with Gasteiger partial charge in [-0.05, 0) is 51.0 Å². The molecule has 2 amide bonds. The monoisotopic (exact) mass is 353 g/mol. The molecule has 1 aliphatic heterocycles. The van der Waals surface area contributed by atoms with Crippen LogP contribution in [0.15, 0.2) is 35.4 Å². The number of hydrazone groups is 1. The molecule has 26 heavy (non-hydrogen) atoms. The van der Waals surface area contributed by atoms with Gasteiger partial charge >= 0.3 is 0 Å². The van der Waals surface area contributed by atoms with Crippen molar-refractivity contribution in [3.8, 4) is 0 Å². The van der Waals surface area contributed by atoms with Crippen LogP contribution in [0, 0.1) is 13.8 Å². The molecule has 0 atom stereocenters. The normalized spacial score (nSPS) is 14.8. The minimum absolute atomic E-state index is 0.124. The standard InChI is InChI=1S/C19H23N5O2/c1-13-10-14(2)24(22-13)12-18(25)21-20-15(3)16-6-4-7-17(11-16)23-9-5-8-19(23)26/h4,6-7,10-11H,5,8-9,12H2,1-3H3,(H,21,25)/b20-15-. The minimum atomic E-state index is -0.235. The molecule has 0 saturated carbocycles. The summed E-state index contributed by atoms with van der Waals surface area (Å²) in [5, 5.41) is 8.45. The Balaban J connectivity index is 1.66. The van der Waals surface area contributed by atoms with Gasteiger partial charge in [0.05, 0.1) is 11.4 Å². The van der Waals surface area contributed by atoms with Crippen LogP contribution in [-0.4, -0.2) is 33.9 Å². The Kier molecular flexibility index (Phi) is 5.16. The van der Waals surface area contributed by atoms with Gasteiger partial charge in [0.1, 0.15) is 6.54 Å². The van der Waals surface area contributed by atoms with Crippen LogP contribution < -0.4 is 10.3 Å². The van der Waals surface area contributed by atoms with Crippen LogP contribution in [0.25, 0.3) is 0 Å². The molecule has 1 fully saturated rings. The summed E-state index contributed by atoms with van der Waals surface area (Å²) in [6.07, 6.45) is 1.48. The first-order valence-electron chi connectivity index (χ1n) is 8.69. The number of nitrogens with zero attached hydrogens (tertiary/aromatic N) is 4. The summed E-state index contributed by atoms with van der Waals surface area (Å²) in [6.45, 7) is 6.50. The third-order valence-corrected chi connectivity index (χ3v) is 4.39. The molecule has 2 aromatic rings. The van der Waals surface area contributed by atoms with E-state index in [1.165, 1.54) is 0 Å². The van der Waals surface area contributed by atoms with Gasteiger partial charge in [-0.1, -0.05) is 12.1 Å². The largest absolute Gasteiger partial charge is 0.312 e. The van der Waals surface area contributed by atoms with Gasteiger partial charge in [0.25, 0.3) is 5.91 Å². The number of carbonyl (C=O) groups excluding carboxylic acids is 2. The van der Waals surface area contributed by atoms with Crippen LogP contribution in [0.2, 0.25) is 0 Å². The van der Waals surface area contributed by atoms with E-state index in [2.05, 4.69) is 15.6 Å². The number of hydrogen-bond acceptors (Lipinski definition) is 4. The van der Waals surface area contributed by atoms with Gasteiger partial charge in [-0.2, -0.15) is 10.2 Å². The fourth-order valence-electron chi connectivity index (χ4n) is 3.04. The summed E-state index contributed by atoms with van der Waals surface area (Å²) in [6, 6.07) is 9.58.